The summed E-state index contributed by atoms with van der Waals surface area (Å²) < 4.78 is 39.2. The standard InChI is InChI=1S/C19H25NO4S/c1-13-7-8-14(2)18(11-13)25(21,22)20-19(3,4)15-9-10-16(23-5)17(12-15)24-6/h7-12,20H,1-6H3. The maximum Gasteiger partial charge on any atom is 0.241 e. The second kappa shape index (κ2) is 7.06. The van der Waals surface area contributed by atoms with Gasteiger partial charge in [-0.1, -0.05) is 18.2 Å². The summed E-state index contributed by atoms with van der Waals surface area (Å²) in [5.41, 5.74) is 1.56. The van der Waals surface area contributed by atoms with E-state index in [9.17, 15) is 8.42 Å². The van der Waals surface area contributed by atoms with Gasteiger partial charge in [0, 0.05) is 0 Å². The van der Waals surface area contributed by atoms with Gasteiger partial charge < -0.3 is 9.47 Å². The monoisotopic (exact) mass is 363 g/mol. The van der Waals surface area contributed by atoms with Gasteiger partial charge in [-0.3, -0.25) is 0 Å². The molecule has 1 N–H and O–H groups in total. The number of nitrogens with one attached hydrogen (secondary N) is 1. The Morgan fingerprint density at radius 3 is 2.16 bits per heavy atom. The number of aryl methyl sites for hydroxylation is 2. The SMILES string of the molecule is COc1ccc(C(C)(C)NS(=O)(=O)c2cc(C)ccc2C)cc1OC. The number of benzene rings is 2. The largest absolute Gasteiger partial charge is 0.493 e. The third-order valence-corrected chi connectivity index (χ3v) is 5.93. The van der Waals surface area contributed by atoms with E-state index in [1.807, 2.05) is 39.0 Å². The number of hydrogen-bond acceptors (Lipinski definition) is 4. The number of rotatable bonds is 6. The van der Waals surface area contributed by atoms with Gasteiger partial charge in [0.1, 0.15) is 0 Å². The van der Waals surface area contributed by atoms with Gasteiger partial charge in [-0.15, -0.1) is 0 Å². The van der Waals surface area contributed by atoms with Crippen LogP contribution >= 0.6 is 0 Å². The average molecular weight is 363 g/mol. The van der Waals surface area contributed by atoms with Crippen LogP contribution in [-0.2, 0) is 15.6 Å². The first-order valence-corrected chi connectivity index (χ1v) is 9.43. The Balaban J connectivity index is 2.42. The molecule has 2 aromatic carbocycles. The average Bonchev–Trinajstić information content (AvgIpc) is 2.55. The molecule has 0 saturated heterocycles. The van der Waals surface area contributed by atoms with E-state index >= 15 is 0 Å². The Morgan fingerprint density at radius 1 is 0.920 bits per heavy atom. The Labute approximate surface area is 150 Å². The molecule has 0 saturated carbocycles. The Hall–Kier alpha value is -2.05. The number of sulfonamides is 1. The van der Waals surface area contributed by atoms with Crippen LogP contribution in [0.15, 0.2) is 41.3 Å². The molecule has 0 amide bonds. The molecule has 0 fully saturated rings. The van der Waals surface area contributed by atoms with E-state index in [1.54, 1.807) is 39.3 Å². The topological polar surface area (TPSA) is 64.6 Å². The van der Waals surface area contributed by atoms with Crippen molar-refractivity contribution in [2.24, 2.45) is 0 Å². The molecule has 25 heavy (non-hydrogen) atoms. The van der Waals surface area contributed by atoms with Crippen molar-refractivity contribution in [3.63, 3.8) is 0 Å². The molecular formula is C19H25NO4S. The fraction of sp³-hybridized carbons (Fsp3) is 0.368. The van der Waals surface area contributed by atoms with Crippen LogP contribution in [0.5, 0.6) is 11.5 Å². The molecule has 0 spiro atoms. The summed E-state index contributed by atoms with van der Waals surface area (Å²) in [6, 6.07) is 10.8. The summed E-state index contributed by atoms with van der Waals surface area (Å²) in [5.74, 6) is 1.15. The molecular weight excluding hydrogens is 338 g/mol. The Bertz CT molecular complexity index is 873. The maximum atomic E-state index is 12.9. The highest BCUT2D eigenvalue weighted by Gasteiger charge is 2.29. The lowest BCUT2D eigenvalue weighted by Gasteiger charge is -2.28. The number of hydrogen-bond donors (Lipinski definition) is 1. The van der Waals surface area contributed by atoms with E-state index in [0.29, 0.717) is 22.0 Å². The molecule has 2 rings (SSSR count). The van der Waals surface area contributed by atoms with E-state index in [4.69, 9.17) is 9.47 Å². The van der Waals surface area contributed by atoms with Crippen molar-refractivity contribution in [3.8, 4) is 11.5 Å². The highest BCUT2D eigenvalue weighted by molar-refractivity contribution is 7.89. The van der Waals surface area contributed by atoms with Gasteiger partial charge in [0.25, 0.3) is 0 Å². The summed E-state index contributed by atoms with van der Waals surface area (Å²) >= 11 is 0. The zero-order valence-electron chi connectivity index (χ0n) is 15.5. The molecule has 0 bridgehead atoms. The summed E-state index contributed by atoms with van der Waals surface area (Å²) in [5, 5.41) is 0. The molecule has 0 atom stereocenters. The third kappa shape index (κ3) is 4.14. The summed E-state index contributed by atoms with van der Waals surface area (Å²) in [4.78, 5) is 0.293. The van der Waals surface area contributed by atoms with Crippen LogP contribution in [0.2, 0.25) is 0 Å². The van der Waals surface area contributed by atoms with Crippen molar-refractivity contribution in [1.29, 1.82) is 0 Å². The lowest BCUT2D eigenvalue weighted by atomic mass is 9.95. The predicted molar refractivity (Wildman–Crippen MR) is 98.8 cm³/mol. The fourth-order valence-electron chi connectivity index (χ4n) is 2.67. The van der Waals surface area contributed by atoms with E-state index in [-0.39, 0.29) is 0 Å². The third-order valence-electron chi connectivity index (χ3n) is 4.13. The minimum absolute atomic E-state index is 0.293. The number of methoxy groups -OCH3 is 2. The molecule has 136 valence electrons. The van der Waals surface area contributed by atoms with E-state index in [1.165, 1.54) is 0 Å². The van der Waals surface area contributed by atoms with Crippen molar-refractivity contribution in [2.75, 3.05) is 14.2 Å². The predicted octanol–water partition coefficient (Wildman–Crippen LogP) is 3.53. The molecule has 0 radical (unpaired) electrons. The first-order valence-electron chi connectivity index (χ1n) is 7.94. The minimum atomic E-state index is -3.68. The molecule has 5 nitrogen and oxygen atoms in total. The second-order valence-electron chi connectivity index (χ2n) is 6.57. The highest BCUT2D eigenvalue weighted by Crippen LogP contribution is 2.33. The van der Waals surface area contributed by atoms with Crippen molar-refractivity contribution in [3.05, 3.63) is 53.1 Å². The quantitative estimate of drug-likeness (QED) is 0.853. The molecule has 2 aromatic rings. The first-order chi connectivity index (χ1) is 11.6. The summed E-state index contributed by atoms with van der Waals surface area (Å²) in [6.45, 7) is 7.29. The van der Waals surface area contributed by atoms with Crippen LogP contribution in [0.25, 0.3) is 0 Å². The van der Waals surface area contributed by atoms with Gasteiger partial charge >= 0.3 is 0 Å². The van der Waals surface area contributed by atoms with Gasteiger partial charge in [0.05, 0.1) is 24.7 Å². The van der Waals surface area contributed by atoms with Crippen LogP contribution in [0.1, 0.15) is 30.5 Å². The van der Waals surface area contributed by atoms with Crippen molar-refractivity contribution >= 4 is 10.0 Å². The Kier molecular flexibility index (Phi) is 5.44. The molecule has 0 aliphatic heterocycles. The van der Waals surface area contributed by atoms with Crippen LogP contribution in [0.3, 0.4) is 0 Å². The molecule has 6 heteroatoms. The van der Waals surface area contributed by atoms with E-state index < -0.39 is 15.6 Å². The van der Waals surface area contributed by atoms with Gasteiger partial charge in [0.2, 0.25) is 10.0 Å². The highest BCUT2D eigenvalue weighted by atomic mass is 32.2. The lowest BCUT2D eigenvalue weighted by molar-refractivity contribution is 0.352. The van der Waals surface area contributed by atoms with Crippen LogP contribution < -0.4 is 14.2 Å². The van der Waals surface area contributed by atoms with Gasteiger partial charge in [-0.2, -0.15) is 0 Å². The van der Waals surface area contributed by atoms with Crippen molar-refractivity contribution in [2.45, 2.75) is 38.1 Å². The molecule has 0 aromatic heterocycles. The van der Waals surface area contributed by atoms with Gasteiger partial charge in [-0.25, -0.2) is 13.1 Å². The molecule has 0 unspecified atom stereocenters. The Morgan fingerprint density at radius 2 is 1.56 bits per heavy atom. The van der Waals surface area contributed by atoms with Crippen molar-refractivity contribution < 1.29 is 17.9 Å². The molecule has 0 heterocycles. The van der Waals surface area contributed by atoms with Crippen molar-refractivity contribution in [1.82, 2.24) is 4.72 Å². The minimum Gasteiger partial charge on any atom is -0.493 e. The fourth-order valence-corrected chi connectivity index (χ4v) is 4.40. The van der Waals surface area contributed by atoms with Gasteiger partial charge in [0.15, 0.2) is 11.5 Å². The van der Waals surface area contributed by atoms with E-state index in [2.05, 4.69) is 4.72 Å². The van der Waals surface area contributed by atoms with Gasteiger partial charge in [-0.05, 0) is 62.6 Å². The normalized spacial score (nSPS) is 12.1. The van der Waals surface area contributed by atoms with Crippen LogP contribution in [-0.4, -0.2) is 22.6 Å². The lowest BCUT2D eigenvalue weighted by Crippen LogP contribution is -2.41. The second-order valence-corrected chi connectivity index (χ2v) is 8.22. The maximum absolute atomic E-state index is 12.9. The first kappa shape index (κ1) is 19.3. The van der Waals surface area contributed by atoms with E-state index in [0.717, 1.165) is 11.1 Å². The zero-order valence-corrected chi connectivity index (χ0v) is 16.3. The smallest absolute Gasteiger partial charge is 0.241 e. The summed E-state index contributed by atoms with van der Waals surface area (Å²) in [6.07, 6.45) is 0. The molecule has 0 aliphatic rings. The molecule has 0 aliphatic carbocycles. The zero-order chi connectivity index (χ0) is 18.8. The van der Waals surface area contributed by atoms with Crippen LogP contribution in [0.4, 0.5) is 0 Å². The van der Waals surface area contributed by atoms with Crippen LogP contribution in [0, 0.1) is 13.8 Å². The summed E-state index contributed by atoms with van der Waals surface area (Å²) in [7, 11) is -0.565. The number of ether oxygens (including phenoxy) is 2.